The zero-order valence-electron chi connectivity index (χ0n) is 12.1. The quantitative estimate of drug-likeness (QED) is 0.711. The zero-order chi connectivity index (χ0) is 17.1. The molecule has 0 N–H and O–H groups in total. The number of carbonyl (C=O) groups is 2. The fourth-order valence-electron chi connectivity index (χ4n) is 2.09. The average Bonchev–Trinajstić information content (AvgIpc) is 2.56. The van der Waals surface area contributed by atoms with Gasteiger partial charge in [-0.3, -0.25) is 4.79 Å². The van der Waals surface area contributed by atoms with E-state index in [1.165, 1.54) is 9.80 Å². The summed E-state index contributed by atoms with van der Waals surface area (Å²) < 4.78 is 4.93. The number of carbonyl (C=O) groups excluding carboxylic acids is 2. The summed E-state index contributed by atoms with van der Waals surface area (Å²) in [6.07, 6.45) is -0.395. The Hall–Kier alpha value is -0.950. The molecular formula is C13H13Cl4N3O3. The molecule has 1 aliphatic rings. The van der Waals surface area contributed by atoms with Crippen molar-refractivity contribution in [3.05, 3.63) is 25.9 Å². The van der Waals surface area contributed by atoms with Gasteiger partial charge < -0.3 is 14.5 Å². The van der Waals surface area contributed by atoms with E-state index in [4.69, 9.17) is 51.1 Å². The Morgan fingerprint density at radius 1 is 1.00 bits per heavy atom. The van der Waals surface area contributed by atoms with E-state index < -0.39 is 12.0 Å². The Labute approximate surface area is 153 Å². The van der Waals surface area contributed by atoms with E-state index in [2.05, 4.69) is 4.98 Å². The van der Waals surface area contributed by atoms with Crippen molar-refractivity contribution in [3.63, 3.8) is 0 Å². The molecule has 126 valence electrons. The van der Waals surface area contributed by atoms with Crippen molar-refractivity contribution in [1.82, 2.24) is 14.8 Å². The van der Waals surface area contributed by atoms with Gasteiger partial charge in [0.1, 0.15) is 10.8 Å². The number of pyridine rings is 1. The van der Waals surface area contributed by atoms with Crippen molar-refractivity contribution in [2.45, 2.75) is 6.92 Å². The second-order valence-electron chi connectivity index (χ2n) is 4.67. The first-order valence-electron chi connectivity index (χ1n) is 6.77. The van der Waals surface area contributed by atoms with Gasteiger partial charge in [-0.25, -0.2) is 9.78 Å². The highest BCUT2D eigenvalue weighted by Gasteiger charge is 2.29. The molecule has 0 aromatic carbocycles. The first-order chi connectivity index (χ1) is 10.9. The molecule has 0 saturated carbocycles. The van der Waals surface area contributed by atoms with Crippen LogP contribution in [0.15, 0.2) is 0 Å². The molecule has 0 spiro atoms. The minimum absolute atomic E-state index is 0.00186. The van der Waals surface area contributed by atoms with Crippen LogP contribution in [0.3, 0.4) is 0 Å². The molecule has 23 heavy (non-hydrogen) atoms. The van der Waals surface area contributed by atoms with Crippen molar-refractivity contribution in [1.29, 1.82) is 0 Å². The lowest BCUT2D eigenvalue weighted by Gasteiger charge is -2.34. The normalized spacial score (nSPS) is 14.8. The number of amides is 2. The topological polar surface area (TPSA) is 62.7 Å². The second kappa shape index (κ2) is 7.75. The number of ether oxygens (including phenoxy) is 1. The van der Waals surface area contributed by atoms with Gasteiger partial charge in [-0.15, -0.1) is 0 Å². The Morgan fingerprint density at radius 3 is 2.13 bits per heavy atom. The van der Waals surface area contributed by atoms with Crippen LogP contribution >= 0.6 is 46.4 Å². The van der Waals surface area contributed by atoms with Crippen LogP contribution in [-0.2, 0) is 4.74 Å². The fraction of sp³-hybridized carbons (Fsp3) is 0.462. The number of hydrogen-bond acceptors (Lipinski definition) is 4. The lowest BCUT2D eigenvalue weighted by atomic mass is 10.2. The van der Waals surface area contributed by atoms with Gasteiger partial charge in [0.2, 0.25) is 0 Å². The highest BCUT2D eigenvalue weighted by Crippen LogP contribution is 2.36. The summed E-state index contributed by atoms with van der Waals surface area (Å²) in [5.74, 6) is -0.418. The van der Waals surface area contributed by atoms with E-state index in [9.17, 15) is 9.59 Å². The van der Waals surface area contributed by atoms with Gasteiger partial charge in [-0.2, -0.15) is 0 Å². The van der Waals surface area contributed by atoms with E-state index in [-0.39, 0.29) is 25.9 Å². The molecule has 2 heterocycles. The van der Waals surface area contributed by atoms with Crippen molar-refractivity contribution in [3.8, 4) is 0 Å². The summed E-state index contributed by atoms with van der Waals surface area (Å²) in [5.41, 5.74) is -0.0596. The van der Waals surface area contributed by atoms with E-state index in [1.807, 2.05) is 0 Å². The summed E-state index contributed by atoms with van der Waals surface area (Å²) in [7, 11) is 0. The molecule has 0 atom stereocenters. The van der Waals surface area contributed by atoms with Gasteiger partial charge in [0.25, 0.3) is 5.91 Å². The number of nitrogens with zero attached hydrogens (tertiary/aromatic N) is 3. The van der Waals surface area contributed by atoms with Crippen LogP contribution in [0, 0.1) is 0 Å². The van der Waals surface area contributed by atoms with Crippen molar-refractivity contribution >= 4 is 58.4 Å². The minimum atomic E-state index is -0.418. The van der Waals surface area contributed by atoms with Crippen LogP contribution in [0.25, 0.3) is 0 Å². The Bertz CT molecular complexity index is 633. The third-order valence-corrected chi connectivity index (χ3v) is 4.96. The van der Waals surface area contributed by atoms with Crippen molar-refractivity contribution < 1.29 is 14.3 Å². The third-order valence-electron chi connectivity index (χ3n) is 3.28. The first-order valence-corrected chi connectivity index (χ1v) is 8.29. The van der Waals surface area contributed by atoms with Crippen molar-refractivity contribution in [2.75, 3.05) is 32.8 Å². The molecule has 0 radical (unpaired) electrons. The molecular weight excluding hydrogens is 388 g/mol. The standard InChI is InChI=1S/C13H13Cl4N3O3/c1-2-23-13(22)20-5-3-19(4-6-20)12(21)10-8(15)7(14)9(16)11(17)18-10/h2-6H2,1H3. The fourth-order valence-corrected chi connectivity index (χ4v) is 2.89. The molecule has 0 unspecified atom stereocenters. The number of rotatable bonds is 2. The lowest BCUT2D eigenvalue weighted by molar-refractivity contribution is 0.0566. The van der Waals surface area contributed by atoms with Gasteiger partial charge in [-0.1, -0.05) is 46.4 Å². The van der Waals surface area contributed by atoms with Gasteiger partial charge in [0.15, 0.2) is 0 Å². The molecule has 1 aromatic heterocycles. The smallest absolute Gasteiger partial charge is 0.409 e. The van der Waals surface area contributed by atoms with Crippen LogP contribution in [0.2, 0.25) is 20.2 Å². The van der Waals surface area contributed by atoms with Crippen LogP contribution < -0.4 is 0 Å². The molecule has 2 amide bonds. The Morgan fingerprint density at radius 2 is 1.57 bits per heavy atom. The van der Waals surface area contributed by atoms with Crippen molar-refractivity contribution in [2.24, 2.45) is 0 Å². The molecule has 1 saturated heterocycles. The molecule has 6 nitrogen and oxygen atoms in total. The SMILES string of the molecule is CCOC(=O)N1CCN(C(=O)c2nc(Cl)c(Cl)c(Cl)c2Cl)CC1. The average molecular weight is 401 g/mol. The molecule has 0 bridgehead atoms. The van der Waals surface area contributed by atoms with Crippen LogP contribution in [0.4, 0.5) is 4.79 Å². The van der Waals surface area contributed by atoms with Gasteiger partial charge in [0.05, 0.1) is 21.7 Å². The molecule has 1 fully saturated rings. The molecule has 10 heteroatoms. The summed E-state index contributed by atoms with van der Waals surface area (Å²) in [5, 5.41) is -0.141. The number of aromatic nitrogens is 1. The summed E-state index contributed by atoms with van der Waals surface area (Å²) in [4.78, 5) is 31.1. The summed E-state index contributed by atoms with van der Waals surface area (Å²) in [6, 6.07) is 0. The maximum atomic E-state index is 12.5. The lowest BCUT2D eigenvalue weighted by Crippen LogP contribution is -2.50. The highest BCUT2D eigenvalue weighted by atomic mass is 35.5. The Balaban J connectivity index is 2.10. The second-order valence-corrected chi connectivity index (χ2v) is 6.16. The highest BCUT2D eigenvalue weighted by molar-refractivity contribution is 6.52. The maximum Gasteiger partial charge on any atom is 0.409 e. The van der Waals surface area contributed by atoms with Gasteiger partial charge in [-0.05, 0) is 6.92 Å². The van der Waals surface area contributed by atoms with Gasteiger partial charge in [0, 0.05) is 26.2 Å². The largest absolute Gasteiger partial charge is 0.450 e. The maximum absolute atomic E-state index is 12.5. The number of halogens is 4. The predicted molar refractivity (Wildman–Crippen MR) is 88.8 cm³/mol. The van der Waals surface area contributed by atoms with Crippen LogP contribution in [0.1, 0.15) is 17.4 Å². The van der Waals surface area contributed by atoms with E-state index in [0.29, 0.717) is 32.8 Å². The third kappa shape index (κ3) is 3.94. The predicted octanol–water partition coefficient (Wildman–Crippen LogP) is 3.61. The van der Waals surface area contributed by atoms with E-state index in [1.54, 1.807) is 6.92 Å². The van der Waals surface area contributed by atoms with Crippen LogP contribution in [-0.4, -0.2) is 59.6 Å². The summed E-state index contributed by atoms with van der Waals surface area (Å²) in [6.45, 7) is 3.41. The number of piperazine rings is 1. The zero-order valence-corrected chi connectivity index (χ0v) is 15.1. The molecule has 2 rings (SSSR count). The van der Waals surface area contributed by atoms with E-state index >= 15 is 0 Å². The molecule has 1 aliphatic heterocycles. The van der Waals surface area contributed by atoms with E-state index in [0.717, 1.165) is 0 Å². The summed E-state index contributed by atoms with van der Waals surface area (Å²) >= 11 is 23.7. The monoisotopic (exact) mass is 399 g/mol. The number of hydrogen-bond donors (Lipinski definition) is 0. The Kier molecular flexibility index (Phi) is 6.19. The minimum Gasteiger partial charge on any atom is -0.450 e. The van der Waals surface area contributed by atoms with Gasteiger partial charge >= 0.3 is 6.09 Å². The van der Waals surface area contributed by atoms with Crippen LogP contribution in [0.5, 0.6) is 0 Å². The molecule has 0 aliphatic carbocycles. The molecule has 1 aromatic rings. The first kappa shape index (κ1) is 18.4.